The highest BCUT2D eigenvalue weighted by Crippen LogP contribution is 2.31. The van der Waals surface area contributed by atoms with Crippen LogP contribution in [-0.2, 0) is 0 Å². The summed E-state index contributed by atoms with van der Waals surface area (Å²) in [6, 6.07) is 10.3. The fourth-order valence-electron chi connectivity index (χ4n) is 1.60. The maximum atomic E-state index is 4.59. The number of hydrogen-bond acceptors (Lipinski definition) is 6. The number of aromatic nitrogens is 5. The second-order valence-electron chi connectivity index (χ2n) is 4.45. The van der Waals surface area contributed by atoms with Gasteiger partial charge in [0.1, 0.15) is 0 Å². The minimum absolute atomic E-state index is 0.216. The molecule has 1 aromatic carbocycles. The van der Waals surface area contributed by atoms with E-state index in [1.165, 1.54) is 11.8 Å². The van der Waals surface area contributed by atoms with Gasteiger partial charge in [0.2, 0.25) is 5.16 Å². The van der Waals surface area contributed by atoms with Crippen LogP contribution in [0.5, 0.6) is 0 Å². The lowest BCUT2D eigenvalue weighted by Crippen LogP contribution is -2.04. The van der Waals surface area contributed by atoms with Crippen molar-refractivity contribution < 1.29 is 0 Å². The molecule has 0 spiro atoms. The minimum Gasteiger partial charge on any atom is -0.229 e. The second-order valence-corrected chi connectivity index (χ2v) is 6.53. The highest BCUT2D eigenvalue weighted by Gasteiger charge is 2.11. The van der Waals surface area contributed by atoms with Gasteiger partial charge in [0.15, 0.2) is 4.34 Å². The van der Waals surface area contributed by atoms with Crippen molar-refractivity contribution in [2.24, 2.45) is 0 Å². The zero-order chi connectivity index (χ0) is 13.9. The third-order valence-electron chi connectivity index (χ3n) is 2.60. The quantitative estimate of drug-likeness (QED) is 0.738. The summed E-state index contributed by atoms with van der Waals surface area (Å²) in [5.74, 6) is 0. The van der Waals surface area contributed by atoms with Gasteiger partial charge in [0, 0.05) is 10.9 Å². The molecule has 2 aromatic heterocycles. The maximum absolute atomic E-state index is 4.59. The van der Waals surface area contributed by atoms with Crippen LogP contribution < -0.4 is 0 Å². The molecule has 102 valence electrons. The number of thiazole rings is 1. The van der Waals surface area contributed by atoms with E-state index in [0.717, 1.165) is 15.6 Å². The van der Waals surface area contributed by atoms with Crippen LogP contribution in [0.25, 0.3) is 11.3 Å². The number of tetrazole rings is 1. The molecule has 20 heavy (non-hydrogen) atoms. The summed E-state index contributed by atoms with van der Waals surface area (Å²) in [5.41, 5.74) is 2.10. The van der Waals surface area contributed by atoms with Crippen molar-refractivity contribution in [2.75, 3.05) is 0 Å². The lowest BCUT2D eigenvalue weighted by molar-refractivity contribution is 0.452. The van der Waals surface area contributed by atoms with Crippen LogP contribution in [0.15, 0.2) is 45.2 Å². The molecule has 0 fully saturated rings. The van der Waals surface area contributed by atoms with Crippen molar-refractivity contribution >= 4 is 23.1 Å². The van der Waals surface area contributed by atoms with E-state index >= 15 is 0 Å². The first-order valence-corrected chi connectivity index (χ1v) is 7.90. The first-order chi connectivity index (χ1) is 9.72. The summed E-state index contributed by atoms with van der Waals surface area (Å²) in [4.78, 5) is 6.20. The predicted octanol–water partition coefficient (Wildman–Crippen LogP) is 3.53. The van der Waals surface area contributed by atoms with Gasteiger partial charge in [-0.2, -0.15) is 4.80 Å². The molecule has 0 aliphatic rings. The number of nitrogens with zero attached hydrogens (tertiary/aromatic N) is 5. The number of benzene rings is 1. The first-order valence-electron chi connectivity index (χ1n) is 6.20. The molecule has 0 aliphatic carbocycles. The summed E-state index contributed by atoms with van der Waals surface area (Å²) in [7, 11) is 0. The average molecular weight is 303 g/mol. The molecule has 7 heteroatoms. The van der Waals surface area contributed by atoms with Crippen LogP contribution in [0.3, 0.4) is 0 Å². The third kappa shape index (κ3) is 2.88. The van der Waals surface area contributed by atoms with E-state index in [2.05, 4.69) is 32.5 Å². The largest absolute Gasteiger partial charge is 0.238 e. The topological polar surface area (TPSA) is 56.5 Å². The van der Waals surface area contributed by atoms with E-state index in [1.54, 1.807) is 16.1 Å². The third-order valence-corrected chi connectivity index (χ3v) is 4.39. The maximum Gasteiger partial charge on any atom is 0.238 e. The van der Waals surface area contributed by atoms with Crippen molar-refractivity contribution in [1.29, 1.82) is 0 Å². The molecule has 0 atom stereocenters. The molecule has 0 saturated carbocycles. The van der Waals surface area contributed by atoms with Gasteiger partial charge in [-0.1, -0.05) is 30.3 Å². The highest BCUT2D eigenvalue weighted by atomic mass is 32.2. The van der Waals surface area contributed by atoms with Gasteiger partial charge < -0.3 is 0 Å². The van der Waals surface area contributed by atoms with Crippen LogP contribution >= 0.6 is 23.1 Å². The second kappa shape index (κ2) is 5.72. The van der Waals surface area contributed by atoms with E-state index in [-0.39, 0.29) is 6.04 Å². The molecule has 0 aliphatic heterocycles. The Bertz CT molecular complexity index is 690. The molecule has 5 nitrogen and oxygen atoms in total. The van der Waals surface area contributed by atoms with E-state index < -0.39 is 0 Å². The Morgan fingerprint density at radius 3 is 2.70 bits per heavy atom. The zero-order valence-electron chi connectivity index (χ0n) is 11.1. The Balaban J connectivity index is 1.77. The van der Waals surface area contributed by atoms with Crippen molar-refractivity contribution in [3.8, 4) is 11.3 Å². The Labute approximate surface area is 125 Å². The fourth-order valence-corrected chi connectivity index (χ4v) is 3.21. The number of rotatable bonds is 4. The SMILES string of the molecule is CC(C)n1nnc(Sc2nc(-c3ccccc3)cs2)n1. The summed E-state index contributed by atoms with van der Waals surface area (Å²) < 4.78 is 0.923. The Hall–Kier alpha value is -1.73. The zero-order valence-corrected chi connectivity index (χ0v) is 12.7. The van der Waals surface area contributed by atoms with Crippen molar-refractivity contribution in [2.45, 2.75) is 29.4 Å². The van der Waals surface area contributed by atoms with Crippen molar-refractivity contribution in [1.82, 2.24) is 25.2 Å². The lowest BCUT2D eigenvalue weighted by atomic mass is 10.2. The normalized spacial score (nSPS) is 11.2. The highest BCUT2D eigenvalue weighted by molar-refractivity contribution is 8.00. The Morgan fingerprint density at radius 2 is 2.00 bits per heavy atom. The van der Waals surface area contributed by atoms with Gasteiger partial charge in [-0.3, -0.25) is 0 Å². The van der Waals surface area contributed by atoms with Crippen LogP contribution in [0.1, 0.15) is 19.9 Å². The molecule has 0 radical (unpaired) electrons. The predicted molar refractivity (Wildman–Crippen MR) is 79.9 cm³/mol. The van der Waals surface area contributed by atoms with Crippen LogP contribution in [0.2, 0.25) is 0 Å². The first kappa shape index (κ1) is 13.3. The van der Waals surface area contributed by atoms with Gasteiger partial charge in [0.05, 0.1) is 11.7 Å². The van der Waals surface area contributed by atoms with Gasteiger partial charge in [0.25, 0.3) is 0 Å². The van der Waals surface area contributed by atoms with Crippen molar-refractivity contribution in [3.63, 3.8) is 0 Å². The summed E-state index contributed by atoms with van der Waals surface area (Å²) in [6.07, 6.45) is 0. The molecule has 2 heterocycles. The molecule has 3 rings (SSSR count). The average Bonchev–Trinajstić information content (AvgIpc) is 3.10. The van der Waals surface area contributed by atoms with Gasteiger partial charge >= 0.3 is 0 Å². The van der Waals surface area contributed by atoms with Gasteiger partial charge in [-0.25, -0.2) is 4.98 Å². The standard InChI is InChI=1S/C13H13N5S2/c1-9(2)18-16-12(15-17-18)20-13-14-11(8-19-13)10-6-4-3-5-7-10/h3-9H,1-2H3. The number of hydrogen-bond donors (Lipinski definition) is 0. The Morgan fingerprint density at radius 1 is 1.20 bits per heavy atom. The fraction of sp³-hybridized carbons (Fsp3) is 0.231. The Kier molecular flexibility index (Phi) is 3.79. The summed E-state index contributed by atoms with van der Waals surface area (Å²) in [5, 5.41) is 15.0. The molecule has 0 N–H and O–H groups in total. The molecule has 0 amide bonds. The minimum atomic E-state index is 0.216. The van der Waals surface area contributed by atoms with Crippen molar-refractivity contribution in [3.05, 3.63) is 35.7 Å². The van der Waals surface area contributed by atoms with E-state index in [4.69, 9.17) is 0 Å². The van der Waals surface area contributed by atoms with Crippen LogP contribution in [-0.4, -0.2) is 25.2 Å². The molecular weight excluding hydrogens is 290 g/mol. The van der Waals surface area contributed by atoms with Gasteiger partial charge in [-0.15, -0.1) is 21.5 Å². The van der Waals surface area contributed by atoms with E-state index in [0.29, 0.717) is 5.16 Å². The molecule has 0 bridgehead atoms. The molecule has 0 unspecified atom stereocenters. The van der Waals surface area contributed by atoms with Crippen LogP contribution in [0, 0.1) is 0 Å². The summed E-state index contributed by atoms with van der Waals surface area (Å²) >= 11 is 3.03. The lowest BCUT2D eigenvalue weighted by Gasteiger charge is -1.98. The molecular formula is C13H13N5S2. The van der Waals surface area contributed by atoms with Gasteiger partial charge in [-0.05, 0) is 30.8 Å². The van der Waals surface area contributed by atoms with Crippen LogP contribution in [0.4, 0.5) is 0 Å². The van der Waals surface area contributed by atoms with E-state index in [1.807, 2.05) is 37.4 Å². The summed E-state index contributed by atoms with van der Waals surface area (Å²) in [6.45, 7) is 4.04. The van der Waals surface area contributed by atoms with E-state index in [9.17, 15) is 0 Å². The smallest absolute Gasteiger partial charge is 0.229 e. The monoisotopic (exact) mass is 303 g/mol. The molecule has 3 aromatic rings. The molecule has 0 saturated heterocycles.